The molecule has 1 amide bonds. The number of halogens is 1. The lowest BCUT2D eigenvalue weighted by Gasteiger charge is -2.32. The maximum absolute atomic E-state index is 12.3. The van der Waals surface area contributed by atoms with Gasteiger partial charge in [-0.3, -0.25) is 4.79 Å². The van der Waals surface area contributed by atoms with E-state index in [4.69, 9.17) is 4.74 Å². The molecule has 1 fully saturated rings. The van der Waals surface area contributed by atoms with Crippen molar-refractivity contribution in [1.82, 2.24) is 10.2 Å². The third-order valence-corrected chi connectivity index (χ3v) is 3.07. The van der Waals surface area contributed by atoms with E-state index < -0.39 is 0 Å². The summed E-state index contributed by atoms with van der Waals surface area (Å²) in [5.74, 6) is 0.911. The SMILES string of the molecule is CCOc1ccc(C(=O)N2CCNC(C)C2)cc1.Cl. The maximum Gasteiger partial charge on any atom is 0.253 e. The molecule has 106 valence electrons. The molecule has 1 N–H and O–H groups in total. The summed E-state index contributed by atoms with van der Waals surface area (Å²) in [7, 11) is 0. The Morgan fingerprint density at radius 3 is 2.68 bits per heavy atom. The summed E-state index contributed by atoms with van der Waals surface area (Å²) in [4.78, 5) is 14.2. The number of ether oxygens (including phenoxy) is 1. The monoisotopic (exact) mass is 284 g/mol. The quantitative estimate of drug-likeness (QED) is 0.922. The lowest BCUT2D eigenvalue weighted by molar-refractivity contribution is 0.0709. The van der Waals surface area contributed by atoms with Gasteiger partial charge in [0.25, 0.3) is 5.91 Å². The van der Waals surface area contributed by atoms with Crippen LogP contribution in [-0.4, -0.2) is 43.1 Å². The molecule has 1 heterocycles. The van der Waals surface area contributed by atoms with Gasteiger partial charge in [0.1, 0.15) is 5.75 Å². The highest BCUT2D eigenvalue weighted by molar-refractivity contribution is 5.94. The van der Waals surface area contributed by atoms with Crippen LogP contribution in [0.3, 0.4) is 0 Å². The summed E-state index contributed by atoms with van der Waals surface area (Å²) in [6.45, 7) is 7.09. The van der Waals surface area contributed by atoms with Crippen LogP contribution in [0.25, 0.3) is 0 Å². The topological polar surface area (TPSA) is 41.6 Å². The van der Waals surface area contributed by atoms with Gasteiger partial charge in [0.2, 0.25) is 0 Å². The standard InChI is InChI=1S/C14H20N2O2.ClH/c1-3-18-13-6-4-12(5-7-13)14(17)16-9-8-15-11(2)10-16;/h4-7,11,15H,3,8-10H2,1-2H3;1H. The van der Waals surface area contributed by atoms with E-state index >= 15 is 0 Å². The van der Waals surface area contributed by atoms with Crippen molar-refractivity contribution in [2.45, 2.75) is 19.9 Å². The van der Waals surface area contributed by atoms with Gasteiger partial charge in [-0.2, -0.15) is 0 Å². The first-order valence-electron chi connectivity index (χ1n) is 6.46. The van der Waals surface area contributed by atoms with Crippen molar-refractivity contribution in [2.24, 2.45) is 0 Å². The van der Waals surface area contributed by atoms with E-state index in [0.717, 1.165) is 30.9 Å². The van der Waals surface area contributed by atoms with E-state index in [1.54, 1.807) is 0 Å². The molecule has 1 aromatic carbocycles. The van der Waals surface area contributed by atoms with Gasteiger partial charge in [0.05, 0.1) is 6.61 Å². The third kappa shape index (κ3) is 4.11. The Hall–Kier alpha value is -1.26. The van der Waals surface area contributed by atoms with Crippen LogP contribution >= 0.6 is 12.4 Å². The smallest absolute Gasteiger partial charge is 0.253 e. The van der Waals surface area contributed by atoms with Gasteiger partial charge < -0.3 is 15.0 Å². The molecule has 4 nitrogen and oxygen atoms in total. The normalized spacial score (nSPS) is 18.6. The molecule has 0 aliphatic carbocycles. The molecule has 1 aromatic rings. The number of nitrogens with zero attached hydrogens (tertiary/aromatic N) is 1. The van der Waals surface area contributed by atoms with Gasteiger partial charge in [-0.15, -0.1) is 12.4 Å². The summed E-state index contributed by atoms with van der Waals surface area (Å²) in [6.07, 6.45) is 0. The zero-order chi connectivity index (χ0) is 13.0. The van der Waals surface area contributed by atoms with Crippen LogP contribution in [-0.2, 0) is 0 Å². The van der Waals surface area contributed by atoms with Gasteiger partial charge in [0, 0.05) is 31.2 Å². The molecule has 1 saturated heterocycles. The molecule has 0 radical (unpaired) electrons. The summed E-state index contributed by atoms with van der Waals surface area (Å²) in [5.41, 5.74) is 0.729. The first kappa shape index (κ1) is 15.8. The van der Waals surface area contributed by atoms with Crippen LogP contribution in [0, 0.1) is 0 Å². The summed E-state index contributed by atoms with van der Waals surface area (Å²) >= 11 is 0. The Morgan fingerprint density at radius 1 is 1.42 bits per heavy atom. The number of hydrogen-bond donors (Lipinski definition) is 1. The molecule has 0 spiro atoms. The summed E-state index contributed by atoms with van der Waals surface area (Å²) in [5, 5.41) is 3.33. The molecular weight excluding hydrogens is 264 g/mol. The maximum atomic E-state index is 12.3. The van der Waals surface area contributed by atoms with Gasteiger partial charge in [-0.1, -0.05) is 0 Å². The van der Waals surface area contributed by atoms with E-state index in [9.17, 15) is 4.79 Å². The number of carbonyl (C=O) groups excluding carboxylic acids is 1. The summed E-state index contributed by atoms with van der Waals surface area (Å²) < 4.78 is 5.37. The molecule has 1 atom stereocenters. The van der Waals surface area contributed by atoms with E-state index in [0.29, 0.717) is 12.6 Å². The minimum absolute atomic E-state index is 0. The highest BCUT2D eigenvalue weighted by Gasteiger charge is 2.21. The Labute approximate surface area is 120 Å². The van der Waals surface area contributed by atoms with Crippen LogP contribution in [0.1, 0.15) is 24.2 Å². The largest absolute Gasteiger partial charge is 0.494 e. The van der Waals surface area contributed by atoms with E-state index in [2.05, 4.69) is 12.2 Å². The van der Waals surface area contributed by atoms with E-state index in [1.165, 1.54) is 0 Å². The fourth-order valence-corrected chi connectivity index (χ4v) is 2.16. The molecule has 1 unspecified atom stereocenters. The van der Waals surface area contributed by atoms with Gasteiger partial charge in [-0.05, 0) is 38.1 Å². The minimum Gasteiger partial charge on any atom is -0.494 e. The molecule has 5 heteroatoms. The van der Waals surface area contributed by atoms with Crippen LogP contribution in [0.2, 0.25) is 0 Å². The Morgan fingerprint density at radius 2 is 2.11 bits per heavy atom. The average Bonchev–Trinajstić information content (AvgIpc) is 2.39. The van der Waals surface area contributed by atoms with Crippen LogP contribution in [0.15, 0.2) is 24.3 Å². The number of carbonyl (C=O) groups is 1. The lowest BCUT2D eigenvalue weighted by atomic mass is 10.1. The Kier molecular flexibility index (Phi) is 6.12. The predicted molar refractivity (Wildman–Crippen MR) is 78.2 cm³/mol. The predicted octanol–water partition coefficient (Wildman–Crippen LogP) is 1.94. The molecule has 2 rings (SSSR count). The lowest BCUT2D eigenvalue weighted by Crippen LogP contribution is -2.51. The molecule has 0 aromatic heterocycles. The second-order valence-electron chi connectivity index (χ2n) is 4.56. The van der Waals surface area contributed by atoms with E-state index in [-0.39, 0.29) is 18.3 Å². The first-order valence-corrected chi connectivity index (χ1v) is 6.46. The highest BCUT2D eigenvalue weighted by Crippen LogP contribution is 2.14. The fourth-order valence-electron chi connectivity index (χ4n) is 2.16. The van der Waals surface area contributed by atoms with Crippen molar-refractivity contribution in [3.8, 4) is 5.75 Å². The second kappa shape index (κ2) is 7.36. The molecule has 1 aliphatic heterocycles. The number of nitrogens with one attached hydrogen (secondary N) is 1. The zero-order valence-electron chi connectivity index (χ0n) is 11.4. The van der Waals surface area contributed by atoms with E-state index in [1.807, 2.05) is 36.1 Å². The van der Waals surface area contributed by atoms with Crippen molar-refractivity contribution in [1.29, 1.82) is 0 Å². The van der Waals surface area contributed by atoms with Crippen LogP contribution < -0.4 is 10.1 Å². The van der Waals surface area contributed by atoms with Crippen molar-refractivity contribution in [3.05, 3.63) is 29.8 Å². The number of amides is 1. The van der Waals surface area contributed by atoms with Gasteiger partial charge in [-0.25, -0.2) is 0 Å². The molecule has 1 aliphatic rings. The van der Waals surface area contributed by atoms with Crippen LogP contribution in [0.5, 0.6) is 5.75 Å². The second-order valence-corrected chi connectivity index (χ2v) is 4.56. The summed E-state index contributed by atoms with van der Waals surface area (Å²) in [6, 6.07) is 7.73. The molecular formula is C14H21ClN2O2. The minimum atomic E-state index is 0. The fraction of sp³-hybridized carbons (Fsp3) is 0.500. The number of piperazine rings is 1. The Bertz CT molecular complexity index is 408. The van der Waals surface area contributed by atoms with Crippen molar-refractivity contribution in [2.75, 3.05) is 26.2 Å². The molecule has 0 saturated carbocycles. The zero-order valence-corrected chi connectivity index (χ0v) is 12.2. The Balaban J connectivity index is 0.00000180. The van der Waals surface area contributed by atoms with Crippen molar-refractivity contribution < 1.29 is 9.53 Å². The molecule has 0 bridgehead atoms. The average molecular weight is 285 g/mol. The van der Waals surface area contributed by atoms with Gasteiger partial charge >= 0.3 is 0 Å². The van der Waals surface area contributed by atoms with Crippen LogP contribution in [0.4, 0.5) is 0 Å². The number of benzene rings is 1. The third-order valence-electron chi connectivity index (χ3n) is 3.07. The van der Waals surface area contributed by atoms with Crippen molar-refractivity contribution in [3.63, 3.8) is 0 Å². The number of hydrogen-bond acceptors (Lipinski definition) is 3. The number of rotatable bonds is 3. The van der Waals surface area contributed by atoms with Crippen molar-refractivity contribution >= 4 is 18.3 Å². The first-order chi connectivity index (χ1) is 8.70. The van der Waals surface area contributed by atoms with Gasteiger partial charge in [0.15, 0.2) is 0 Å². The highest BCUT2D eigenvalue weighted by atomic mass is 35.5. The molecule has 19 heavy (non-hydrogen) atoms.